The molecule has 0 N–H and O–H groups in total. The lowest BCUT2D eigenvalue weighted by Gasteiger charge is -2.39. The maximum absolute atomic E-state index is 12.7. The molecule has 2 heterocycles. The fraction of sp³-hybridized carbons (Fsp3) is 0.643. The van der Waals surface area contributed by atoms with E-state index in [1.165, 1.54) is 12.8 Å². The van der Waals surface area contributed by atoms with E-state index in [9.17, 15) is 4.79 Å². The van der Waals surface area contributed by atoms with Gasteiger partial charge in [-0.3, -0.25) is 9.69 Å². The van der Waals surface area contributed by atoms with E-state index in [1.54, 1.807) is 18.6 Å². The molecule has 0 amide bonds. The van der Waals surface area contributed by atoms with Gasteiger partial charge in [0.25, 0.3) is 0 Å². The number of ketones is 1. The van der Waals surface area contributed by atoms with Crippen molar-refractivity contribution >= 4 is 5.78 Å². The predicted molar refractivity (Wildman–Crippen MR) is 67.2 cm³/mol. The van der Waals surface area contributed by atoms with Crippen LogP contribution in [0.15, 0.2) is 23.0 Å². The molecule has 1 aliphatic rings. The van der Waals surface area contributed by atoms with Crippen molar-refractivity contribution in [1.29, 1.82) is 0 Å². The molecular weight excluding hydrogens is 214 g/mol. The second-order valence-corrected chi connectivity index (χ2v) is 4.77. The lowest BCUT2D eigenvalue weighted by atomic mass is 9.83. The van der Waals surface area contributed by atoms with E-state index >= 15 is 0 Å². The van der Waals surface area contributed by atoms with Crippen LogP contribution in [0.1, 0.15) is 49.9 Å². The largest absolute Gasteiger partial charge is 0.472 e. The number of hydrogen-bond acceptors (Lipinski definition) is 3. The summed E-state index contributed by atoms with van der Waals surface area (Å²) in [5.41, 5.74) is 0.390. The molecule has 0 atom stereocenters. The molecular formula is C14H21NO2. The first-order chi connectivity index (χ1) is 8.24. The summed E-state index contributed by atoms with van der Waals surface area (Å²) in [7, 11) is 0. The monoisotopic (exact) mass is 235 g/mol. The first-order valence-electron chi connectivity index (χ1n) is 6.56. The van der Waals surface area contributed by atoms with Crippen LogP contribution in [0.4, 0.5) is 0 Å². The fourth-order valence-electron chi connectivity index (χ4n) is 2.97. The highest BCUT2D eigenvalue weighted by Gasteiger charge is 2.42. The summed E-state index contributed by atoms with van der Waals surface area (Å²) in [6, 6.07) is 1.78. The van der Waals surface area contributed by atoms with E-state index in [-0.39, 0.29) is 11.3 Å². The Bertz CT molecular complexity index is 360. The van der Waals surface area contributed by atoms with Crippen molar-refractivity contribution in [1.82, 2.24) is 4.90 Å². The highest BCUT2D eigenvalue weighted by atomic mass is 16.3. The van der Waals surface area contributed by atoms with Gasteiger partial charge in [-0.25, -0.2) is 0 Å². The summed E-state index contributed by atoms with van der Waals surface area (Å²) in [6.45, 7) is 6.32. The molecule has 1 aliphatic heterocycles. The molecule has 94 valence electrons. The fourth-order valence-corrected chi connectivity index (χ4v) is 2.97. The van der Waals surface area contributed by atoms with E-state index in [2.05, 4.69) is 18.7 Å². The Balaban J connectivity index is 2.29. The Morgan fingerprint density at radius 2 is 2.00 bits per heavy atom. The number of nitrogens with zero attached hydrogens (tertiary/aromatic N) is 1. The smallest absolute Gasteiger partial charge is 0.186 e. The molecule has 0 radical (unpaired) electrons. The van der Waals surface area contributed by atoms with Crippen LogP contribution in [0.3, 0.4) is 0 Å². The summed E-state index contributed by atoms with van der Waals surface area (Å²) in [4.78, 5) is 15.0. The van der Waals surface area contributed by atoms with Crippen molar-refractivity contribution in [2.45, 2.75) is 45.1 Å². The second-order valence-electron chi connectivity index (χ2n) is 4.77. The van der Waals surface area contributed by atoms with Crippen LogP contribution in [-0.2, 0) is 0 Å². The molecule has 0 spiro atoms. The Labute approximate surface area is 103 Å². The van der Waals surface area contributed by atoms with Gasteiger partial charge in [0.05, 0.1) is 17.4 Å². The topological polar surface area (TPSA) is 33.5 Å². The SMILES string of the molecule is CCC(CC)(C(=O)c1ccoc1)N1CCCC1. The maximum atomic E-state index is 12.7. The number of furan rings is 1. The van der Waals surface area contributed by atoms with Crippen molar-refractivity contribution in [2.75, 3.05) is 13.1 Å². The minimum absolute atomic E-state index is 0.221. The molecule has 17 heavy (non-hydrogen) atoms. The van der Waals surface area contributed by atoms with E-state index in [4.69, 9.17) is 4.42 Å². The van der Waals surface area contributed by atoms with Crippen molar-refractivity contribution in [3.05, 3.63) is 24.2 Å². The van der Waals surface area contributed by atoms with Crippen LogP contribution in [0, 0.1) is 0 Å². The van der Waals surface area contributed by atoms with Gasteiger partial charge in [-0.05, 0) is 44.8 Å². The van der Waals surface area contributed by atoms with E-state index in [0.717, 1.165) is 25.9 Å². The lowest BCUT2D eigenvalue weighted by Crippen LogP contribution is -2.52. The van der Waals surface area contributed by atoms with Gasteiger partial charge in [-0.15, -0.1) is 0 Å². The molecule has 1 fully saturated rings. The number of rotatable bonds is 5. The van der Waals surface area contributed by atoms with Crippen LogP contribution in [0.25, 0.3) is 0 Å². The number of likely N-dealkylation sites (tertiary alicyclic amines) is 1. The van der Waals surface area contributed by atoms with E-state index in [1.807, 2.05) is 0 Å². The maximum Gasteiger partial charge on any atom is 0.186 e. The zero-order chi connectivity index (χ0) is 12.3. The minimum atomic E-state index is -0.319. The van der Waals surface area contributed by atoms with Crippen molar-refractivity contribution in [3.8, 4) is 0 Å². The molecule has 0 bridgehead atoms. The standard InChI is InChI=1S/C14H21NO2/c1-3-14(4-2,15-8-5-6-9-15)13(16)12-7-10-17-11-12/h7,10-11H,3-6,8-9H2,1-2H3. The number of carbonyl (C=O) groups is 1. The summed E-state index contributed by atoms with van der Waals surface area (Å²) in [6.07, 6.45) is 7.30. The van der Waals surface area contributed by atoms with Gasteiger partial charge < -0.3 is 4.42 Å². The Hall–Kier alpha value is -1.09. The molecule has 1 aromatic heterocycles. The highest BCUT2D eigenvalue weighted by Crippen LogP contribution is 2.31. The van der Waals surface area contributed by atoms with Crippen LogP contribution < -0.4 is 0 Å². The second kappa shape index (κ2) is 5.05. The van der Waals surface area contributed by atoms with Gasteiger partial charge in [0.1, 0.15) is 6.26 Å². The molecule has 3 heteroatoms. The van der Waals surface area contributed by atoms with E-state index < -0.39 is 0 Å². The Kier molecular flexibility index (Phi) is 3.67. The Morgan fingerprint density at radius 1 is 1.35 bits per heavy atom. The third-order valence-electron chi connectivity index (χ3n) is 4.09. The van der Waals surface area contributed by atoms with Gasteiger partial charge in [-0.1, -0.05) is 13.8 Å². The summed E-state index contributed by atoms with van der Waals surface area (Å²) >= 11 is 0. The van der Waals surface area contributed by atoms with Crippen LogP contribution in [0.5, 0.6) is 0 Å². The quantitative estimate of drug-likeness (QED) is 0.735. The van der Waals surface area contributed by atoms with Gasteiger partial charge in [-0.2, -0.15) is 0 Å². The molecule has 0 saturated carbocycles. The number of carbonyl (C=O) groups excluding carboxylic acids is 1. The zero-order valence-electron chi connectivity index (χ0n) is 10.7. The van der Waals surface area contributed by atoms with Gasteiger partial charge >= 0.3 is 0 Å². The predicted octanol–water partition coefficient (Wildman–Crippen LogP) is 3.12. The summed E-state index contributed by atoms with van der Waals surface area (Å²) in [5, 5.41) is 0. The highest BCUT2D eigenvalue weighted by molar-refractivity contribution is 6.03. The van der Waals surface area contributed by atoms with Crippen LogP contribution >= 0.6 is 0 Å². The van der Waals surface area contributed by atoms with Gasteiger partial charge in [0, 0.05) is 0 Å². The lowest BCUT2D eigenvalue weighted by molar-refractivity contribution is 0.0581. The molecule has 3 nitrogen and oxygen atoms in total. The first kappa shape index (κ1) is 12.4. The molecule has 0 aliphatic carbocycles. The van der Waals surface area contributed by atoms with Crippen molar-refractivity contribution in [2.24, 2.45) is 0 Å². The van der Waals surface area contributed by atoms with Crippen LogP contribution in [0.2, 0.25) is 0 Å². The van der Waals surface area contributed by atoms with Gasteiger partial charge in [0.15, 0.2) is 5.78 Å². The number of hydrogen-bond donors (Lipinski definition) is 0. The summed E-state index contributed by atoms with van der Waals surface area (Å²) < 4.78 is 5.04. The van der Waals surface area contributed by atoms with Crippen molar-refractivity contribution in [3.63, 3.8) is 0 Å². The molecule has 1 aromatic rings. The average molecular weight is 235 g/mol. The summed E-state index contributed by atoms with van der Waals surface area (Å²) in [5.74, 6) is 0.221. The minimum Gasteiger partial charge on any atom is -0.472 e. The first-order valence-corrected chi connectivity index (χ1v) is 6.56. The van der Waals surface area contributed by atoms with Crippen molar-refractivity contribution < 1.29 is 9.21 Å². The molecule has 0 aromatic carbocycles. The van der Waals surface area contributed by atoms with Gasteiger partial charge in [0.2, 0.25) is 0 Å². The molecule has 1 saturated heterocycles. The number of Topliss-reactive ketones (excluding diaryl/α,β-unsaturated/α-hetero) is 1. The molecule has 0 unspecified atom stereocenters. The third kappa shape index (κ3) is 2.04. The third-order valence-corrected chi connectivity index (χ3v) is 4.09. The zero-order valence-corrected chi connectivity index (χ0v) is 10.7. The van der Waals surface area contributed by atoms with Crippen LogP contribution in [-0.4, -0.2) is 29.3 Å². The normalized spacial score (nSPS) is 17.5. The average Bonchev–Trinajstić information content (AvgIpc) is 3.04. The molecule has 2 rings (SSSR count). The Morgan fingerprint density at radius 3 is 2.47 bits per heavy atom. The van der Waals surface area contributed by atoms with E-state index in [0.29, 0.717) is 5.56 Å².